The molecule has 0 saturated carbocycles. The number of ether oxygens (including phenoxy) is 3. The highest BCUT2D eigenvalue weighted by Crippen LogP contribution is 2.18. The Morgan fingerprint density at radius 3 is 1.37 bits per heavy atom. The molecular weight excluding hydrogens is 584 g/mol. The highest BCUT2D eigenvalue weighted by molar-refractivity contribution is 6.61. The van der Waals surface area contributed by atoms with Crippen molar-refractivity contribution in [2.45, 2.75) is 39.5 Å². The Labute approximate surface area is 254 Å². The Hall–Kier alpha value is -4.81. The van der Waals surface area contributed by atoms with Crippen molar-refractivity contribution in [3.63, 3.8) is 0 Å². The van der Waals surface area contributed by atoms with Crippen molar-refractivity contribution in [3.8, 4) is 11.5 Å². The number of allylic oxidation sites excluding steroid dienone is 8. The summed E-state index contributed by atoms with van der Waals surface area (Å²) in [6.45, 7) is 4.39. The summed E-state index contributed by atoms with van der Waals surface area (Å²) in [5.41, 5.74) is -1.11. The predicted molar refractivity (Wildman–Crippen MR) is 164 cm³/mol. The lowest BCUT2D eigenvalue weighted by molar-refractivity contribution is -0.385. The molecule has 0 radical (unpaired) electrons. The molecule has 0 unspecified atom stereocenters. The lowest BCUT2D eigenvalue weighted by Crippen LogP contribution is -2.10. The van der Waals surface area contributed by atoms with Gasteiger partial charge in [-0.15, -0.1) is 0 Å². The summed E-state index contributed by atoms with van der Waals surface area (Å²) in [4.78, 5) is 40.7. The minimum Gasteiger partial charge on any atom is -0.434 e. The van der Waals surface area contributed by atoms with Gasteiger partial charge in [0.1, 0.15) is 11.5 Å². The van der Waals surface area contributed by atoms with E-state index in [1.165, 1.54) is 48.5 Å². The van der Waals surface area contributed by atoms with Crippen molar-refractivity contribution in [3.05, 3.63) is 117 Å². The number of non-ortho nitro benzene ring substituents is 2. The van der Waals surface area contributed by atoms with E-state index in [0.717, 1.165) is 19.3 Å². The summed E-state index contributed by atoms with van der Waals surface area (Å²) in [5, 5.41) is 28.4. The van der Waals surface area contributed by atoms with Gasteiger partial charge in [-0.2, -0.15) is 0 Å². The molecule has 43 heavy (non-hydrogen) atoms. The maximum Gasteiger partial charge on any atom is 0.513 e. The number of hydrogen-bond acceptors (Lipinski definition) is 10. The minimum absolute atomic E-state index is 0.0609. The van der Waals surface area contributed by atoms with Gasteiger partial charge in [0.15, 0.2) is 0 Å². The molecule has 12 nitrogen and oxygen atoms in total. The second-order valence-corrected chi connectivity index (χ2v) is 8.26. The van der Waals surface area contributed by atoms with Crippen LogP contribution in [0.5, 0.6) is 11.5 Å². The zero-order valence-electron chi connectivity index (χ0n) is 23.9. The van der Waals surface area contributed by atoms with Crippen LogP contribution in [0.1, 0.15) is 39.5 Å². The van der Waals surface area contributed by atoms with E-state index in [0.29, 0.717) is 13.0 Å². The molecule has 2 aromatic carbocycles. The van der Waals surface area contributed by atoms with Gasteiger partial charge in [-0.3, -0.25) is 20.2 Å². The van der Waals surface area contributed by atoms with E-state index < -0.39 is 21.4 Å². The van der Waals surface area contributed by atoms with Crippen LogP contribution in [0.2, 0.25) is 0 Å². The number of carbonyl (C=O) groups is 2. The quantitative estimate of drug-likeness (QED) is 0.105. The fraction of sp³-hybridized carbons (Fsp3) is 0.267. The van der Waals surface area contributed by atoms with Crippen LogP contribution < -0.4 is 9.47 Å². The number of carbonyl (C=O) groups excluding carboxylic acids is 2. The lowest BCUT2D eigenvalue weighted by atomic mass is 10.3. The Bertz CT molecular complexity index is 1180. The number of benzene rings is 2. The maximum atomic E-state index is 11.0. The van der Waals surface area contributed by atoms with Gasteiger partial charge in [0.25, 0.3) is 11.4 Å². The summed E-state index contributed by atoms with van der Waals surface area (Å²) in [5.74, 6) is 0.386. The summed E-state index contributed by atoms with van der Waals surface area (Å²) in [7, 11) is 0. The molecule has 0 saturated heterocycles. The zero-order valence-corrected chi connectivity index (χ0v) is 24.6. The number of nitro benzene ring substituents is 2. The van der Waals surface area contributed by atoms with E-state index in [2.05, 4.69) is 58.1 Å². The number of nitrogens with zero attached hydrogens (tertiary/aromatic N) is 2. The van der Waals surface area contributed by atoms with Crippen LogP contribution in [-0.2, 0) is 4.74 Å². The highest BCUT2D eigenvalue weighted by Gasteiger charge is 2.08. The van der Waals surface area contributed by atoms with E-state index >= 15 is 0 Å². The van der Waals surface area contributed by atoms with Crippen LogP contribution in [0, 0.1) is 20.2 Å². The topological polar surface area (TPSA) is 168 Å². The van der Waals surface area contributed by atoms with Crippen LogP contribution in [-0.4, -0.2) is 39.8 Å². The van der Waals surface area contributed by atoms with Gasteiger partial charge in [-0.05, 0) is 49.9 Å². The molecule has 1 N–H and O–H groups in total. The van der Waals surface area contributed by atoms with Gasteiger partial charge in [-0.1, -0.05) is 62.5 Å². The first-order valence-electron chi connectivity index (χ1n) is 13.1. The Morgan fingerprint density at radius 2 is 1.12 bits per heavy atom. The number of aliphatic hydroxyl groups is 1. The molecule has 2 aliphatic rings. The summed E-state index contributed by atoms with van der Waals surface area (Å²) < 4.78 is 13.9. The van der Waals surface area contributed by atoms with Gasteiger partial charge in [0.2, 0.25) is 0 Å². The zero-order chi connectivity index (χ0) is 32.3. The van der Waals surface area contributed by atoms with Gasteiger partial charge in [0, 0.05) is 42.5 Å². The fourth-order valence-electron chi connectivity index (χ4n) is 2.46. The second kappa shape index (κ2) is 24.9. The molecule has 0 fully saturated rings. The van der Waals surface area contributed by atoms with Crippen molar-refractivity contribution in [1.82, 2.24) is 0 Å². The van der Waals surface area contributed by atoms with Crippen LogP contribution in [0.4, 0.5) is 21.0 Å². The molecule has 0 atom stereocenters. The van der Waals surface area contributed by atoms with E-state index in [4.69, 9.17) is 21.4 Å². The normalized spacial score (nSPS) is 11.2. The SMILES string of the molecule is C1=CCC=C1.C1=CCC=C1.CCCO.CCCOC(=O)Oc1ccc([N+](=O)[O-])cc1.O=C(Cl)Oc1ccc([N+](=O)[O-])cc1. The lowest BCUT2D eigenvalue weighted by Gasteiger charge is -2.03. The number of rotatable bonds is 7. The van der Waals surface area contributed by atoms with Gasteiger partial charge in [0.05, 0.1) is 16.5 Å². The number of aliphatic hydroxyl groups excluding tert-OH is 1. The Balaban J connectivity index is 0.000000574. The summed E-state index contributed by atoms with van der Waals surface area (Å²) in [6.07, 6.45) is 19.8. The largest absolute Gasteiger partial charge is 0.513 e. The predicted octanol–water partition coefficient (Wildman–Crippen LogP) is 8.25. The molecule has 0 spiro atoms. The van der Waals surface area contributed by atoms with Crippen molar-refractivity contribution in [2.24, 2.45) is 0 Å². The van der Waals surface area contributed by atoms with Gasteiger partial charge < -0.3 is 19.3 Å². The van der Waals surface area contributed by atoms with Crippen molar-refractivity contribution in [2.75, 3.05) is 13.2 Å². The number of hydrogen-bond donors (Lipinski definition) is 1. The first kappa shape index (κ1) is 38.2. The third-order valence-corrected chi connectivity index (χ3v) is 4.53. The van der Waals surface area contributed by atoms with Crippen LogP contribution in [0.25, 0.3) is 0 Å². The molecule has 0 aromatic heterocycles. The summed E-state index contributed by atoms with van der Waals surface area (Å²) >= 11 is 4.92. The first-order chi connectivity index (χ1) is 20.6. The van der Waals surface area contributed by atoms with E-state index in [1.807, 2.05) is 13.8 Å². The minimum atomic E-state index is -0.978. The van der Waals surface area contributed by atoms with Crippen molar-refractivity contribution < 1.29 is 38.8 Å². The van der Waals surface area contributed by atoms with Crippen LogP contribution in [0.15, 0.2) is 97.1 Å². The molecule has 0 aliphatic heterocycles. The fourth-order valence-corrected chi connectivity index (χ4v) is 2.55. The van der Waals surface area contributed by atoms with E-state index in [-0.39, 0.29) is 29.5 Å². The molecule has 232 valence electrons. The molecule has 2 aromatic rings. The standard InChI is InChI=1S/C10H11NO5.C7H4ClNO4.2C5H6.C3H8O/c1-2-7-15-10(12)16-9-5-3-8(4-6-9)11(13)14;8-7(10)13-6-3-1-5(2-4-6)9(11)12;2*1-2-4-5-3-1;1-2-3-4/h3-6H,2,7H2,1H3;1-4H;2*1-4H,5H2;4H,2-3H2,1H3. The smallest absolute Gasteiger partial charge is 0.434 e. The van der Waals surface area contributed by atoms with Crippen molar-refractivity contribution >= 4 is 34.6 Å². The molecule has 2 aliphatic carbocycles. The van der Waals surface area contributed by atoms with E-state index in [1.54, 1.807) is 0 Å². The second-order valence-electron chi connectivity index (χ2n) is 7.95. The maximum absolute atomic E-state index is 11.0. The number of nitro groups is 2. The summed E-state index contributed by atoms with van der Waals surface area (Å²) in [6, 6.07) is 10.2. The Morgan fingerprint density at radius 1 is 0.744 bits per heavy atom. The molecule has 0 bridgehead atoms. The molecule has 0 heterocycles. The monoisotopic (exact) mass is 618 g/mol. The highest BCUT2D eigenvalue weighted by atomic mass is 35.5. The van der Waals surface area contributed by atoms with Crippen molar-refractivity contribution in [1.29, 1.82) is 0 Å². The molecular formula is C30H35ClN2O10. The average Bonchev–Trinajstić information content (AvgIpc) is 3.77. The third kappa shape index (κ3) is 21.6. The third-order valence-electron chi connectivity index (χ3n) is 4.45. The van der Waals surface area contributed by atoms with Crippen LogP contribution >= 0.6 is 11.6 Å². The van der Waals surface area contributed by atoms with Gasteiger partial charge in [-0.25, -0.2) is 9.59 Å². The molecule has 0 amide bonds. The van der Waals surface area contributed by atoms with Gasteiger partial charge >= 0.3 is 11.6 Å². The average molecular weight is 619 g/mol. The molecule has 13 heteroatoms. The van der Waals surface area contributed by atoms with Crippen LogP contribution in [0.3, 0.4) is 0 Å². The Kier molecular flexibility index (Phi) is 22.2. The molecule has 4 rings (SSSR count). The first-order valence-corrected chi connectivity index (χ1v) is 13.5. The number of halogens is 1. The van der Waals surface area contributed by atoms with E-state index in [9.17, 15) is 29.8 Å².